The highest BCUT2D eigenvalue weighted by molar-refractivity contribution is 5.93. The number of benzene rings is 1. The van der Waals surface area contributed by atoms with E-state index in [1.165, 1.54) is 0 Å². The highest BCUT2D eigenvalue weighted by atomic mass is 16.2. The SMILES string of the molecule is Cc1cccc(NC(=O)CNC2CCN(C)C2=O)c1. The summed E-state index contributed by atoms with van der Waals surface area (Å²) in [6, 6.07) is 7.40. The van der Waals surface area contributed by atoms with Gasteiger partial charge in [0.2, 0.25) is 11.8 Å². The Labute approximate surface area is 113 Å². The minimum Gasteiger partial charge on any atom is -0.344 e. The molecule has 5 nitrogen and oxygen atoms in total. The van der Waals surface area contributed by atoms with E-state index in [0.717, 1.165) is 24.2 Å². The van der Waals surface area contributed by atoms with Gasteiger partial charge < -0.3 is 10.2 Å². The first-order chi connectivity index (χ1) is 9.06. The normalized spacial score (nSPS) is 18.7. The maximum absolute atomic E-state index is 11.8. The molecule has 2 rings (SSSR count). The molecule has 1 aromatic carbocycles. The number of hydrogen-bond acceptors (Lipinski definition) is 3. The monoisotopic (exact) mass is 261 g/mol. The molecule has 0 bridgehead atoms. The van der Waals surface area contributed by atoms with Crippen molar-refractivity contribution in [1.29, 1.82) is 0 Å². The molecule has 1 saturated heterocycles. The number of hydrogen-bond donors (Lipinski definition) is 2. The van der Waals surface area contributed by atoms with Crippen LogP contribution >= 0.6 is 0 Å². The van der Waals surface area contributed by atoms with Crippen LogP contribution in [0.2, 0.25) is 0 Å². The first-order valence-corrected chi connectivity index (χ1v) is 6.41. The third-order valence-corrected chi connectivity index (χ3v) is 3.24. The topological polar surface area (TPSA) is 61.4 Å². The second-order valence-corrected chi connectivity index (χ2v) is 4.90. The van der Waals surface area contributed by atoms with Crippen molar-refractivity contribution >= 4 is 17.5 Å². The van der Waals surface area contributed by atoms with E-state index < -0.39 is 0 Å². The lowest BCUT2D eigenvalue weighted by Crippen LogP contribution is -2.41. The Morgan fingerprint density at radius 1 is 1.47 bits per heavy atom. The third kappa shape index (κ3) is 3.54. The molecule has 0 aliphatic carbocycles. The summed E-state index contributed by atoms with van der Waals surface area (Å²) in [5.41, 5.74) is 1.88. The highest BCUT2D eigenvalue weighted by Crippen LogP contribution is 2.10. The molecule has 1 aliphatic heterocycles. The Bertz CT molecular complexity index is 487. The summed E-state index contributed by atoms with van der Waals surface area (Å²) in [7, 11) is 1.77. The summed E-state index contributed by atoms with van der Waals surface area (Å²) < 4.78 is 0. The fourth-order valence-electron chi connectivity index (χ4n) is 2.16. The van der Waals surface area contributed by atoms with Crippen LogP contribution in [0.4, 0.5) is 5.69 Å². The maximum Gasteiger partial charge on any atom is 0.239 e. The fourth-order valence-corrected chi connectivity index (χ4v) is 2.16. The summed E-state index contributed by atoms with van der Waals surface area (Å²) in [6.07, 6.45) is 0.757. The van der Waals surface area contributed by atoms with E-state index in [1.807, 2.05) is 31.2 Å². The van der Waals surface area contributed by atoms with Crippen LogP contribution in [0.1, 0.15) is 12.0 Å². The van der Waals surface area contributed by atoms with Gasteiger partial charge >= 0.3 is 0 Å². The van der Waals surface area contributed by atoms with Crippen LogP contribution in [0.5, 0.6) is 0 Å². The van der Waals surface area contributed by atoms with Gasteiger partial charge in [-0.25, -0.2) is 0 Å². The molecule has 5 heteroatoms. The molecular formula is C14H19N3O2. The van der Waals surface area contributed by atoms with E-state index in [1.54, 1.807) is 11.9 Å². The number of amides is 2. The number of likely N-dealkylation sites (N-methyl/N-ethyl adjacent to an activating group) is 1. The van der Waals surface area contributed by atoms with Crippen molar-refractivity contribution in [2.75, 3.05) is 25.5 Å². The predicted molar refractivity (Wildman–Crippen MR) is 73.9 cm³/mol. The molecule has 0 aromatic heterocycles. The van der Waals surface area contributed by atoms with Gasteiger partial charge in [0.25, 0.3) is 0 Å². The number of likely N-dealkylation sites (tertiary alicyclic amines) is 1. The molecule has 1 aromatic rings. The van der Waals surface area contributed by atoms with Crippen LogP contribution in [-0.4, -0.2) is 42.9 Å². The Hall–Kier alpha value is -1.88. The van der Waals surface area contributed by atoms with Crippen molar-refractivity contribution in [3.05, 3.63) is 29.8 Å². The Kier molecular flexibility index (Phi) is 4.16. The standard InChI is InChI=1S/C14H19N3O2/c1-10-4-3-5-11(8-10)16-13(18)9-15-12-6-7-17(2)14(12)19/h3-5,8,12,15H,6-7,9H2,1-2H3,(H,16,18). The molecule has 1 unspecified atom stereocenters. The van der Waals surface area contributed by atoms with Crippen molar-refractivity contribution in [3.8, 4) is 0 Å². The number of carbonyl (C=O) groups is 2. The lowest BCUT2D eigenvalue weighted by Gasteiger charge is -2.12. The Balaban J connectivity index is 1.81. The highest BCUT2D eigenvalue weighted by Gasteiger charge is 2.28. The van der Waals surface area contributed by atoms with Gasteiger partial charge in [0.1, 0.15) is 0 Å². The number of carbonyl (C=O) groups excluding carboxylic acids is 2. The van der Waals surface area contributed by atoms with Crippen molar-refractivity contribution in [2.45, 2.75) is 19.4 Å². The van der Waals surface area contributed by atoms with Crippen LogP contribution in [-0.2, 0) is 9.59 Å². The van der Waals surface area contributed by atoms with E-state index in [0.29, 0.717) is 0 Å². The zero-order valence-electron chi connectivity index (χ0n) is 11.3. The molecule has 0 spiro atoms. The average Bonchev–Trinajstić information content (AvgIpc) is 2.68. The quantitative estimate of drug-likeness (QED) is 0.841. The average molecular weight is 261 g/mol. The van der Waals surface area contributed by atoms with Crippen molar-refractivity contribution in [1.82, 2.24) is 10.2 Å². The first kappa shape index (κ1) is 13.5. The largest absolute Gasteiger partial charge is 0.344 e. The fraction of sp³-hybridized carbons (Fsp3) is 0.429. The van der Waals surface area contributed by atoms with Crippen molar-refractivity contribution in [3.63, 3.8) is 0 Å². The third-order valence-electron chi connectivity index (χ3n) is 3.24. The molecule has 1 heterocycles. The second kappa shape index (κ2) is 5.84. The van der Waals surface area contributed by atoms with E-state index in [2.05, 4.69) is 10.6 Å². The minimum atomic E-state index is -0.228. The maximum atomic E-state index is 11.8. The number of anilines is 1. The summed E-state index contributed by atoms with van der Waals surface area (Å²) in [5, 5.41) is 5.80. The number of nitrogens with zero attached hydrogens (tertiary/aromatic N) is 1. The lowest BCUT2D eigenvalue weighted by molar-refractivity contribution is -0.128. The molecular weight excluding hydrogens is 242 g/mol. The van der Waals surface area contributed by atoms with E-state index >= 15 is 0 Å². The van der Waals surface area contributed by atoms with Crippen LogP contribution < -0.4 is 10.6 Å². The van der Waals surface area contributed by atoms with Crippen molar-refractivity contribution in [2.24, 2.45) is 0 Å². The summed E-state index contributed by atoms with van der Waals surface area (Å²) in [6.45, 7) is 2.87. The van der Waals surface area contributed by atoms with Crippen LogP contribution in [0, 0.1) is 6.92 Å². The molecule has 0 saturated carbocycles. The smallest absolute Gasteiger partial charge is 0.239 e. The molecule has 102 valence electrons. The predicted octanol–water partition coefficient (Wildman–Crippen LogP) is 0.754. The van der Waals surface area contributed by atoms with Crippen LogP contribution in [0.3, 0.4) is 0 Å². The number of nitrogens with one attached hydrogen (secondary N) is 2. The molecule has 2 amide bonds. The summed E-state index contributed by atoms with van der Waals surface area (Å²) in [5.74, 6) is -0.0729. The van der Waals surface area contributed by atoms with Gasteiger partial charge in [-0.15, -0.1) is 0 Å². The van der Waals surface area contributed by atoms with Gasteiger partial charge in [-0.2, -0.15) is 0 Å². The minimum absolute atomic E-state index is 0.0587. The summed E-state index contributed by atoms with van der Waals surface area (Å²) >= 11 is 0. The van der Waals surface area contributed by atoms with Gasteiger partial charge in [0.05, 0.1) is 12.6 Å². The van der Waals surface area contributed by atoms with E-state index in [4.69, 9.17) is 0 Å². The molecule has 19 heavy (non-hydrogen) atoms. The van der Waals surface area contributed by atoms with E-state index in [-0.39, 0.29) is 24.4 Å². The van der Waals surface area contributed by atoms with E-state index in [9.17, 15) is 9.59 Å². The number of rotatable bonds is 4. The van der Waals surface area contributed by atoms with Gasteiger partial charge in [0, 0.05) is 19.3 Å². The first-order valence-electron chi connectivity index (χ1n) is 6.41. The second-order valence-electron chi connectivity index (χ2n) is 4.90. The van der Waals surface area contributed by atoms with Gasteiger partial charge in [-0.3, -0.25) is 14.9 Å². The van der Waals surface area contributed by atoms with Gasteiger partial charge in [-0.1, -0.05) is 12.1 Å². The number of aryl methyl sites for hydroxylation is 1. The molecule has 1 fully saturated rings. The van der Waals surface area contributed by atoms with Gasteiger partial charge in [0.15, 0.2) is 0 Å². The van der Waals surface area contributed by atoms with Crippen molar-refractivity contribution < 1.29 is 9.59 Å². The van der Waals surface area contributed by atoms with Crippen LogP contribution in [0.25, 0.3) is 0 Å². The Morgan fingerprint density at radius 3 is 2.89 bits per heavy atom. The van der Waals surface area contributed by atoms with Gasteiger partial charge in [-0.05, 0) is 31.0 Å². The zero-order chi connectivity index (χ0) is 13.8. The molecule has 1 atom stereocenters. The lowest BCUT2D eigenvalue weighted by atomic mass is 10.2. The molecule has 2 N–H and O–H groups in total. The Morgan fingerprint density at radius 2 is 2.26 bits per heavy atom. The summed E-state index contributed by atoms with van der Waals surface area (Å²) in [4.78, 5) is 25.1. The molecule has 1 aliphatic rings. The molecule has 0 radical (unpaired) electrons. The van der Waals surface area contributed by atoms with Crippen LogP contribution in [0.15, 0.2) is 24.3 Å². The zero-order valence-corrected chi connectivity index (χ0v) is 11.3.